The van der Waals surface area contributed by atoms with Crippen LogP contribution < -0.4 is 4.90 Å². The minimum absolute atomic E-state index is 0.0452. The number of rotatable bonds is 6. The second-order valence-electron chi connectivity index (χ2n) is 5.99. The van der Waals surface area contributed by atoms with E-state index in [1.54, 1.807) is 6.07 Å². The summed E-state index contributed by atoms with van der Waals surface area (Å²) in [6, 6.07) is 6.50. The van der Waals surface area contributed by atoms with Crippen LogP contribution in [0, 0.1) is 21.4 Å². The number of hydrogen-bond donors (Lipinski definition) is 0. The molecule has 0 saturated carbocycles. The number of hydrogen-bond acceptors (Lipinski definition) is 6. The third-order valence-corrected chi connectivity index (χ3v) is 4.29. The Kier molecular flexibility index (Phi) is 5.90. The van der Waals surface area contributed by atoms with E-state index in [4.69, 9.17) is 0 Å². The fraction of sp³-hybridized carbons (Fsp3) is 0.562. The first-order chi connectivity index (χ1) is 11.0. The van der Waals surface area contributed by atoms with Crippen molar-refractivity contribution in [2.24, 2.45) is 0 Å². The number of nitro groups is 1. The van der Waals surface area contributed by atoms with Crippen molar-refractivity contribution in [2.45, 2.75) is 6.42 Å². The number of anilines is 1. The van der Waals surface area contributed by atoms with Gasteiger partial charge in [0.2, 0.25) is 0 Å². The SMILES string of the molecule is CN1CCN(CCCN(C)c2ccc([N+](=O)[O-])cc2C#N)CC1. The highest BCUT2D eigenvalue weighted by atomic mass is 16.6. The third kappa shape index (κ3) is 4.65. The lowest BCUT2D eigenvalue weighted by atomic mass is 10.1. The molecular formula is C16H23N5O2. The predicted molar refractivity (Wildman–Crippen MR) is 89.6 cm³/mol. The largest absolute Gasteiger partial charge is 0.373 e. The Morgan fingerprint density at radius 2 is 2.04 bits per heavy atom. The molecule has 0 aliphatic carbocycles. The zero-order chi connectivity index (χ0) is 16.8. The quantitative estimate of drug-likeness (QED) is 0.585. The number of nitriles is 1. The van der Waals surface area contributed by atoms with E-state index in [1.807, 2.05) is 11.9 Å². The molecule has 1 aliphatic heterocycles. The van der Waals surface area contributed by atoms with Crippen molar-refractivity contribution in [1.29, 1.82) is 5.26 Å². The summed E-state index contributed by atoms with van der Waals surface area (Å²) in [5.41, 5.74) is 1.05. The lowest BCUT2D eigenvalue weighted by Crippen LogP contribution is -2.45. The summed E-state index contributed by atoms with van der Waals surface area (Å²) in [6.07, 6.45) is 1.00. The molecule has 1 aromatic carbocycles. The zero-order valence-corrected chi connectivity index (χ0v) is 13.7. The van der Waals surface area contributed by atoms with E-state index in [0.717, 1.165) is 51.4 Å². The number of piperazine rings is 1. The second kappa shape index (κ2) is 7.90. The number of nitro benzene ring substituents is 1. The van der Waals surface area contributed by atoms with Gasteiger partial charge in [-0.15, -0.1) is 0 Å². The molecule has 124 valence electrons. The average Bonchev–Trinajstić information content (AvgIpc) is 2.55. The summed E-state index contributed by atoms with van der Waals surface area (Å²) in [5, 5.41) is 20.0. The molecule has 1 saturated heterocycles. The van der Waals surface area contributed by atoms with Crippen LogP contribution in [-0.2, 0) is 0 Å². The van der Waals surface area contributed by atoms with Crippen LogP contribution in [0.2, 0.25) is 0 Å². The molecule has 1 aromatic rings. The minimum atomic E-state index is -0.474. The van der Waals surface area contributed by atoms with Crippen LogP contribution in [0.15, 0.2) is 18.2 Å². The summed E-state index contributed by atoms with van der Waals surface area (Å²) < 4.78 is 0. The van der Waals surface area contributed by atoms with Crippen LogP contribution >= 0.6 is 0 Å². The number of benzene rings is 1. The molecule has 1 aliphatic rings. The maximum absolute atomic E-state index is 10.8. The fourth-order valence-corrected chi connectivity index (χ4v) is 2.78. The second-order valence-corrected chi connectivity index (χ2v) is 5.99. The number of nitrogens with zero attached hydrogens (tertiary/aromatic N) is 5. The van der Waals surface area contributed by atoms with Crippen molar-refractivity contribution in [1.82, 2.24) is 9.80 Å². The van der Waals surface area contributed by atoms with Gasteiger partial charge in [-0.1, -0.05) is 0 Å². The topological polar surface area (TPSA) is 76.7 Å². The van der Waals surface area contributed by atoms with Crippen molar-refractivity contribution in [3.8, 4) is 6.07 Å². The summed E-state index contributed by atoms with van der Waals surface area (Å²) in [7, 11) is 4.06. The van der Waals surface area contributed by atoms with Gasteiger partial charge in [-0.25, -0.2) is 0 Å². The van der Waals surface area contributed by atoms with Crippen molar-refractivity contribution in [3.63, 3.8) is 0 Å². The first-order valence-electron chi connectivity index (χ1n) is 7.82. The van der Waals surface area contributed by atoms with Crippen LogP contribution in [0.4, 0.5) is 11.4 Å². The van der Waals surface area contributed by atoms with Crippen LogP contribution in [0.25, 0.3) is 0 Å². The van der Waals surface area contributed by atoms with Gasteiger partial charge in [-0.2, -0.15) is 5.26 Å². The Bertz CT molecular complexity index is 591. The number of non-ortho nitro benzene ring substituents is 1. The van der Waals surface area contributed by atoms with Gasteiger partial charge >= 0.3 is 0 Å². The van der Waals surface area contributed by atoms with E-state index < -0.39 is 4.92 Å². The minimum Gasteiger partial charge on any atom is -0.373 e. The van der Waals surface area contributed by atoms with Gasteiger partial charge in [0.25, 0.3) is 5.69 Å². The molecule has 0 radical (unpaired) electrons. The summed E-state index contributed by atoms with van der Waals surface area (Å²) in [4.78, 5) is 17.1. The van der Waals surface area contributed by atoms with Gasteiger partial charge in [0.1, 0.15) is 6.07 Å². The molecule has 2 rings (SSSR count). The molecule has 0 unspecified atom stereocenters. The van der Waals surface area contributed by atoms with Gasteiger partial charge in [0.15, 0.2) is 0 Å². The molecule has 0 aromatic heterocycles. The van der Waals surface area contributed by atoms with Gasteiger partial charge in [-0.3, -0.25) is 10.1 Å². The molecule has 0 spiro atoms. The van der Waals surface area contributed by atoms with E-state index in [0.29, 0.717) is 5.56 Å². The normalized spacial score (nSPS) is 16.0. The van der Waals surface area contributed by atoms with Gasteiger partial charge in [-0.05, 0) is 26.1 Å². The Balaban J connectivity index is 1.89. The van der Waals surface area contributed by atoms with Gasteiger partial charge < -0.3 is 14.7 Å². The van der Waals surface area contributed by atoms with E-state index in [9.17, 15) is 15.4 Å². The predicted octanol–water partition coefficient (Wildman–Crippen LogP) is 1.54. The van der Waals surface area contributed by atoms with Crippen molar-refractivity contribution in [3.05, 3.63) is 33.9 Å². The zero-order valence-electron chi connectivity index (χ0n) is 13.7. The van der Waals surface area contributed by atoms with Crippen molar-refractivity contribution < 1.29 is 4.92 Å². The monoisotopic (exact) mass is 317 g/mol. The lowest BCUT2D eigenvalue weighted by molar-refractivity contribution is -0.384. The Labute approximate surface area is 136 Å². The smallest absolute Gasteiger partial charge is 0.270 e. The highest BCUT2D eigenvalue weighted by Gasteiger charge is 2.15. The summed E-state index contributed by atoms with van der Waals surface area (Å²) >= 11 is 0. The maximum atomic E-state index is 10.8. The van der Waals surface area contributed by atoms with Crippen molar-refractivity contribution in [2.75, 3.05) is 58.3 Å². The first kappa shape index (κ1) is 17.2. The average molecular weight is 317 g/mol. The first-order valence-corrected chi connectivity index (χ1v) is 7.82. The number of likely N-dealkylation sites (N-methyl/N-ethyl adjacent to an activating group) is 1. The molecule has 0 amide bonds. The van der Waals surface area contributed by atoms with E-state index in [-0.39, 0.29) is 5.69 Å². The highest BCUT2D eigenvalue weighted by Crippen LogP contribution is 2.24. The van der Waals surface area contributed by atoms with Gasteiger partial charge in [0.05, 0.1) is 16.2 Å². The molecule has 7 nitrogen and oxygen atoms in total. The van der Waals surface area contributed by atoms with Crippen molar-refractivity contribution >= 4 is 11.4 Å². The van der Waals surface area contributed by atoms with Crippen LogP contribution in [0.3, 0.4) is 0 Å². The molecular weight excluding hydrogens is 294 g/mol. The Morgan fingerprint density at radius 1 is 1.35 bits per heavy atom. The molecule has 7 heteroatoms. The molecule has 23 heavy (non-hydrogen) atoms. The van der Waals surface area contributed by atoms with E-state index in [2.05, 4.69) is 22.9 Å². The Morgan fingerprint density at radius 3 is 2.65 bits per heavy atom. The summed E-state index contributed by atoms with van der Waals surface area (Å²) in [6.45, 7) is 6.27. The molecule has 0 bridgehead atoms. The van der Waals surface area contributed by atoms with E-state index >= 15 is 0 Å². The highest BCUT2D eigenvalue weighted by molar-refractivity contribution is 5.62. The molecule has 0 atom stereocenters. The molecule has 1 heterocycles. The summed E-state index contributed by atoms with van der Waals surface area (Å²) in [5.74, 6) is 0. The fourth-order valence-electron chi connectivity index (χ4n) is 2.78. The Hall–Kier alpha value is -2.17. The standard InChI is InChI=1S/C16H23N5O2/c1-18-8-10-20(11-9-18)7-3-6-19(2)16-5-4-15(21(22)23)12-14(16)13-17/h4-5,12H,3,6-11H2,1-2H3. The van der Waals surface area contributed by atoms with Crippen LogP contribution in [0.5, 0.6) is 0 Å². The molecule has 1 fully saturated rings. The molecule has 0 N–H and O–H groups in total. The van der Waals surface area contributed by atoms with E-state index in [1.165, 1.54) is 12.1 Å². The van der Waals surface area contributed by atoms with Crippen LogP contribution in [0.1, 0.15) is 12.0 Å². The van der Waals surface area contributed by atoms with Gasteiger partial charge in [0, 0.05) is 51.9 Å². The lowest BCUT2D eigenvalue weighted by Gasteiger charge is -2.32. The van der Waals surface area contributed by atoms with Crippen LogP contribution in [-0.4, -0.2) is 68.1 Å². The maximum Gasteiger partial charge on any atom is 0.270 e. The third-order valence-electron chi connectivity index (χ3n) is 4.29.